The van der Waals surface area contributed by atoms with Gasteiger partial charge in [0.2, 0.25) is 0 Å². The van der Waals surface area contributed by atoms with Crippen LogP contribution in [0.5, 0.6) is 0 Å². The third-order valence-corrected chi connectivity index (χ3v) is 2.57. The molecule has 0 aliphatic carbocycles. The topological polar surface area (TPSA) is 24.5 Å². The Balaban J connectivity index is 2.22. The average molecular weight is 280 g/mol. The maximum atomic E-state index is 5.14. The van der Waals surface area contributed by atoms with Gasteiger partial charge in [0.05, 0.1) is 29.5 Å². The van der Waals surface area contributed by atoms with E-state index in [0.717, 1.165) is 12.8 Å². The summed E-state index contributed by atoms with van der Waals surface area (Å²) in [5.41, 5.74) is 2.97. The van der Waals surface area contributed by atoms with Gasteiger partial charge in [0, 0.05) is 6.20 Å². The molecule has 1 aliphatic heterocycles. The Hall–Kier alpha value is -0.0700. The van der Waals surface area contributed by atoms with E-state index in [-0.39, 0.29) is 6.17 Å². The molecule has 0 aromatic rings. The lowest BCUT2D eigenvalue weighted by Crippen LogP contribution is -2.39. The lowest BCUT2D eigenvalue weighted by Gasteiger charge is -2.27. The molecule has 68 valence electrons. The minimum atomic E-state index is 0.288. The first-order chi connectivity index (χ1) is 5.84. The molecule has 1 N–H and O–H groups in total. The minimum absolute atomic E-state index is 0.288. The van der Waals surface area contributed by atoms with Crippen LogP contribution in [0.4, 0.5) is 0 Å². The summed E-state index contributed by atoms with van der Waals surface area (Å²) in [5.74, 6) is 0. The molecule has 0 aromatic heterocycles. The first-order valence-corrected chi connectivity index (χ1v) is 4.90. The maximum absolute atomic E-state index is 5.14. The fraction of sp³-hybridized carbons (Fsp3) is 0.500. The van der Waals surface area contributed by atoms with E-state index in [4.69, 9.17) is 4.84 Å². The smallest absolute Gasteiger partial charge is 0.111 e. The molecule has 0 saturated carbocycles. The predicted octanol–water partition coefficient (Wildman–Crippen LogP) is 1.98. The Kier molecular flexibility index (Phi) is 4.63. The van der Waals surface area contributed by atoms with Gasteiger partial charge in [-0.05, 0) is 12.8 Å². The average Bonchev–Trinajstić information content (AvgIpc) is 2.09. The van der Waals surface area contributed by atoms with Gasteiger partial charge in [-0.15, -0.1) is 6.58 Å². The standard InChI is InChI=1S/C8H13IN2O/c1-2-7-12-10-8-5-3-4-6-11(8)9/h2,4,6,8,10H,1,3,5,7H2. The zero-order valence-corrected chi connectivity index (χ0v) is 9.03. The number of nitrogens with zero attached hydrogens (tertiary/aromatic N) is 1. The normalized spacial score (nSPS) is 22.8. The summed E-state index contributed by atoms with van der Waals surface area (Å²) in [4.78, 5) is 5.14. The summed E-state index contributed by atoms with van der Waals surface area (Å²) < 4.78 is 2.07. The number of allylic oxidation sites excluding steroid dienone is 1. The number of halogens is 1. The van der Waals surface area contributed by atoms with Crippen molar-refractivity contribution >= 4 is 22.9 Å². The first-order valence-electron chi connectivity index (χ1n) is 3.93. The van der Waals surface area contributed by atoms with Crippen molar-refractivity contribution in [2.24, 2.45) is 0 Å². The number of hydrogen-bond donors (Lipinski definition) is 1. The molecule has 12 heavy (non-hydrogen) atoms. The highest BCUT2D eigenvalue weighted by Gasteiger charge is 2.14. The van der Waals surface area contributed by atoms with Gasteiger partial charge in [0.15, 0.2) is 0 Å². The van der Waals surface area contributed by atoms with Gasteiger partial charge in [0.25, 0.3) is 0 Å². The Bertz CT molecular complexity index is 172. The summed E-state index contributed by atoms with van der Waals surface area (Å²) in [5, 5.41) is 0. The Morgan fingerprint density at radius 3 is 3.33 bits per heavy atom. The number of hydroxylamine groups is 1. The minimum Gasteiger partial charge on any atom is -0.303 e. The highest BCUT2D eigenvalue weighted by atomic mass is 127. The summed E-state index contributed by atoms with van der Waals surface area (Å²) in [6.45, 7) is 4.11. The monoisotopic (exact) mass is 280 g/mol. The van der Waals surface area contributed by atoms with Crippen LogP contribution in [-0.4, -0.2) is 15.9 Å². The maximum Gasteiger partial charge on any atom is 0.111 e. The molecule has 0 aromatic carbocycles. The van der Waals surface area contributed by atoms with Crippen molar-refractivity contribution < 1.29 is 4.84 Å². The van der Waals surface area contributed by atoms with Crippen molar-refractivity contribution in [1.29, 1.82) is 0 Å². The SMILES string of the molecule is C=CCONC1CCC=CN1I. The van der Waals surface area contributed by atoms with Crippen molar-refractivity contribution in [1.82, 2.24) is 8.59 Å². The van der Waals surface area contributed by atoms with Gasteiger partial charge in [-0.2, -0.15) is 5.48 Å². The molecule has 4 heteroatoms. The van der Waals surface area contributed by atoms with E-state index in [2.05, 4.69) is 50.3 Å². The van der Waals surface area contributed by atoms with Crippen LogP contribution in [0.15, 0.2) is 24.9 Å². The van der Waals surface area contributed by atoms with Crippen LogP contribution in [0, 0.1) is 0 Å². The van der Waals surface area contributed by atoms with E-state index in [1.54, 1.807) is 6.08 Å². The Labute approximate surface area is 86.9 Å². The summed E-state index contributed by atoms with van der Waals surface area (Å²) >= 11 is 2.25. The Morgan fingerprint density at radius 1 is 1.83 bits per heavy atom. The number of hydrogen-bond acceptors (Lipinski definition) is 3. The van der Waals surface area contributed by atoms with Gasteiger partial charge in [0.1, 0.15) is 6.17 Å². The lowest BCUT2D eigenvalue weighted by atomic mass is 10.2. The molecule has 0 radical (unpaired) electrons. The molecule has 1 aliphatic rings. The first kappa shape index (κ1) is 10.0. The molecule has 0 bridgehead atoms. The van der Waals surface area contributed by atoms with Crippen LogP contribution >= 0.6 is 22.9 Å². The van der Waals surface area contributed by atoms with Crippen LogP contribution < -0.4 is 5.48 Å². The molecule has 0 fully saturated rings. The second kappa shape index (κ2) is 5.55. The van der Waals surface area contributed by atoms with E-state index >= 15 is 0 Å². The van der Waals surface area contributed by atoms with Crippen LogP contribution in [0.25, 0.3) is 0 Å². The van der Waals surface area contributed by atoms with E-state index in [1.807, 2.05) is 0 Å². The van der Waals surface area contributed by atoms with E-state index < -0.39 is 0 Å². The van der Waals surface area contributed by atoms with Crippen molar-refractivity contribution in [3.05, 3.63) is 24.9 Å². The summed E-state index contributed by atoms with van der Waals surface area (Å²) in [7, 11) is 0. The quantitative estimate of drug-likeness (QED) is 0.280. The van der Waals surface area contributed by atoms with Gasteiger partial charge >= 0.3 is 0 Å². The fourth-order valence-corrected chi connectivity index (χ4v) is 1.59. The van der Waals surface area contributed by atoms with Crippen molar-refractivity contribution in [2.75, 3.05) is 6.61 Å². The van der Waals surface area contributed by atoms with Gasteiger partial charge in [-0.3, -0.25) is 4.84 Å². The van der Waals surface area contributed by atoms with Crippen molar-refractivity contribution in [2.45, 2.75) is 19.0 Å². The summed E-state index contributed by atoms with van der Waals surface area (Å²) in [6, 6.07) is 0. The number of nitrogens with one attached hydrogen (secondary N) is 1. The van der Waals surface area contributed by atoms with Crippen LogP contribution in [0.3, 0.4) is 0 Å². The molecular formula is C8H13IN2O. The van der Waals surface area contributed by atoms with Crippen molar-refractivity contribution in [3.8, 4) is 0 Å². The Morgan fingerprint density at radius 2 is 2.67 bits per heavy atom. The molecule has 0 spiro atoms. The van der Waals surface area contributed by atoms with Crippen molar-refractivity contribution in [3.63, 3.8) is 0 Å². The molecular weight excluding hydrogens is 267 g/mol. The van der Waals surface area contributed by atoms with E-state index in [0.29, 0.717) is 6.61 Å². The number of rotatable bonds is 4. The zero-order chi connectivity index (χ0) is 8.81. The van der Waals surface area contributed by atoms with Crippen LogP contribution in [-0.2, 0) is 4.84 Å². The molecule has 1 unspecified atom stereocenters. The van der Waals surface area contributed by atoms with E-state index in [1.165, 1.54) is 0 Å². The third kappa shape index (κ3) is 3.12. The highest BCUT2D eigenvalue weighted by Crippen LogP contribution is 2.16. The zero-order valence-electron chi connectivity index (χ0n) is 6.87. The molecule has 1 heterocycles. The largest absolute Gasteiger partial charge is 0.303 e. The molecule has 1 rings (SSSR count). The van der Waals surface area contributed by atoms with E-state index in [9.17, 15) is 0 Å². The molecule has 0 saturated heterocycles. The van der Waals surface area contributed by atoms with Crippen LogP contribution in [0.2, 0.25) is 0 Å². The van der Waals surface area contributed by atoms with Crippen LogP contribution in [0.1, 0.15) is 12.8 Å². The third-order valence-electron chi connectivity index (χ3n) is 1.57. The molecule has 3 nitrogen and oxygen atoms in total. The van der Waals surface area contributed by atoms with Gasteiger partial charge in [-0.25, -0.2) is 0 Å². The summed E-state index contributed by atoms with van der Waals surface area (Å²) in [6.07, 6.45) is 8.40. The van der Waals surface area contributed by atoms with Gasteiger partial charge < -0.3 is 3.11 Å². The second-order valence-corrected chi connectivity index (χ2v) is 3.65. The molecule has 1 atom stereocenters. The lowest BCUT2D eigenvalue weighted by molar-refractivity contribution is 0.0121. The van der Waals surface area contributed by atoms with Gasteiger partial charge in [-0.1, -0.05) is 12.2 Å². The molecule has 0 amide bonds. The highest BCUT2D eigenvalue weighted by molar-refractivity contribution is 14.1. The second-order valence-electron chi connectivity index (χ2n) is 2.54. The predicted molar refractivity (Wildman–Crippen MR) is 57.3 cm³/mol. The fourth-order valence-electron chi connectivity index (χ4n) is 0.969.